The number of aryl methyl sites for hydroxylation is 1. The molecule has 3 aromatic heterocycles. The van der Waals surface area contributed by atoms with Gasteiger partial charge in [0.15, 0.2) is 5.65 Å². The first-order chi connectivity index (χ1) is 20.1. The van der Waals surface area contributed by atoms with E-state index in [1.54, 1.807) is 22.8 Å². The Balaban J connectivity index is 0.00000423. The van der Waals surface area contributed by atoms with E-state index >= 15 is 0 Å². The number of rotatable bonds is 6. The van der Waals surface area contributed by atoms with Gasteiger partial charge >= 0.3 is 5.69 Å². The molecule has 1 amide bonds. The summed E-state index contributed by atoms with van der Waals surface area (Å²) < 4.78 is 7.17. The minimum atomic E-state index is -0.472. The number of pyridine rings is 2. The third-order valence-corrected chi connectivity index (χ3v) is 8.09. The molecule has 0 N–H and O–H groups in total. The van der Waals surface area contributed by atoms with Crippen LogP contribution in [0.3, 0.4) is 0 Å². The van der Waals surface area contributed by atoms with Crippen LogP contribution in [0.2, 0.25) is 5.02 Å². The number of hydrogen-bond donors (Lipinski definition) is 0. The topological polar surface area (TPSA) is 93.5 Å². The maximum absolute atomic E-state index is 14.1. The van der Waals surface area contributed by atoms with Gasteiger partial charge < -0.3 is 14.5 Å². The highest BCUT2D eigenvalue weighted by atomic mass is 35.5. The number of nitrogens with zero attached hydrogens (tertiary/aromatic N) is 6. The number of amides is 1. The number of piperazine rings is 1. The van der Waals surface area contributed by atoms with Crippen molar-refractivity contribution >= 4 is 34.4 Å². The summed E-state index contributed by atoms with van der Waals surface area (Å²) in [5.74, 6) is 1.01. The van der Waals surface area contributed by atoms with Crippen molar-refractivity contribution in [2.24, 2.45) is 0 Å². The Hall–Kier alpha value is -4.24. The molecule has 2 atom stereocenters. The quantitative estimate of drug-likeness (QED) is 0.243. The lowest BCUT2D eigenvalue weighted by Gasteiger charge is -2.44. The van der Waals surface area contributed by atoms with Crippen molar-refractivity contribution in [3.05, 3.63) is 82.0 Å². The number of fused-ring (bicyclic) bond motifs is 1. The predicted molar refractivity (Wildman–Crippen MR) is 174 cm³/mol. The molecule has 1 aliphatic heterocycles. The lowest BCUT2D eigenvalue weighted by atomic mass is 10.0. The third kappa shape index (κ3) is 5.61. The number of halogens is 1. The first-order valence-electron chi connectivity index (χ1n) is 14.0. The number of benzene rings is 1. The number of hydrogen-bond acceptors (Lipinski definition) is 7. The average Bonchev–Trinajstić information content (AvgIpc) is 2.97. The molecule has 0 aliphatic carbocycles. The van der Waals surface area contributed by atoms with Crippen molar-refractivity contribution in [3.63, 3.8) is 0 Å². The van der Waals surface area contributed by atoms with Gasteiger partial charge in [-0.2, -0.15) is 4.98 Å². The molecule has 0 saturated carbocycles. The molecule has 1 aromatic carbocycles. The molecule has 1 aliphatic rings. The van der Waals surface area contributed by atoms with Crippen LogP contribution < -0.4 is 15.3 Å². The third-order valence-electron chi connectivity index (χ3n) is 7.80. The van der Waals surface area contributed by atoms with Crippen LogP contribution in [-0.4, -0.2) is 62.6 Å². The maximum atomic E-state index is 14.1. The molecule has 1 saturated heterocycles. The smallest absolute Gasteiger partial charge is 0.355 e. The number of carbonyl (C=O) groups is 1. The summed E-state index contributed by atoms with van der Waals surface area (Å²) in [7, 11) is 1.60. The summed E-state index contributed by atoms with van der Waals surface area (Å²) in [6, 6.07) is 10.9. The number of ether oxygens (including phenoxy) is 1. The first kappa shape index (κ1) is 31.7. The number of carbonyl (C=O) groups excluding carboxylic acids is 1. The number of anilines is 1. The van der Waals surface area contributed by atoms with Gasteiger partial charge in [0.25, 0.3) is 0 Å². The molecule has 9 nitrogen and oxygen atoms in total. The summed E-state index contributed by atoms with van der Waals surface area (Å²) in [6.07, 6.45) is 3.08. The largest absolute Gasteiger partial charge is 0.496 e. The van der Waals surface area contributed by atoms with E-state index in [9.17, 15) is 9.59 Å². The van der Waals surface area contributed by atoms with Crippen LogP contribution in [0.25, 0.3) is 28.0 Å². The van der Waals surface area contributed by atoms with Gasteiger partial charge in [0.1, 0.15) is 11.6 Å². The molecular formula is C33H39ClN6O3. The molecular weight excluding hydrogens is 564 g/mol. The van der Waals surface area contributed by atoms with Gasteiger partial charge in [-0.1, -0.05) is 51.6 Å². The number of methoxy groups -OCH3 is 1. The lowest BCUT2D eigenvalue weighted by Crippen LogP contribution is -2.58. The molecule has 0 radical (unpaired) electrons. The Morgan fingerprint density at radius 2 is 1.86 bits per heavy atom. The van der Waals surface area contributed by atoms with Gasteiger partial charge in [-0.15, -0.1) is 0 Å². The Bertz CT molecular complexity index is 1750. The standard InChI is InChI=1S/C32H35ClN6O3.CH4/c1-8-26(40)37-16-21(6)38(17-20(37)5)30-23-15-24(33)28(22-11-9-10-12-25(22)42-7)35-31(23)39(32(41)36-30)29-19(4)13-14-34-27(29)18(2)3;/h8-15,18,20-21H,1,16-17H2,2-7H3;1H4/t20-,21+;/m1./s1. The molecule has 5 rings (SSSR count). The van der Waals surface area contributed by atoms with E-state index in [-0.39, 0.29) is 31.3 Å². The van der Waals surface area contributed by atoms with Crippen molar-refractivity contribution in [2.75, 3.05) is 25.1 Å². The molecule has 4 heterocycles. The van der Waals surface area contributed by atoms with Gasteiger partial charge in [-0.25, -0.2) is 14.3 Å². The van der Waals surface area contributed by atoms with Crippen molar-refractivity contribution < 1.29 is 9.53 Å². The number of para-hydroxylation sites is 1. The highest BCUT2D eigenvalue weighted by molar-refractivity contribution is 6.34. The zero-order valence-corrected chi connectivity index (χ0v) is 25.5. The highest BCUT2D eigenvalue weighted by Crippen LogP contribution is 2.38. The predicted octanol–water partition coefficient (Wildman–Crippen LogP) is 6.18. The Morgan fingerprint density at radius 1 is 1.14 bits per heavy atom. The summed E-state index contributed by atoms with van der Waals surface area (Å²) in [5, 5.41) is 1.02. The van der Waals surface area contributed by atoms with Crippen LogP contribution in [0.15, 0.2) is 60.0 Å². The normalized spacial score (nSPS) is 16.7. The average molecular weight is 603 g/mol. The monoisotopic (exact) mass is 602 g/mol. The van der Waals surface area contributed by atoms with E-state index in [4.69, 9.17) is 21.3 Å². The van der Waals surface area contributed by atoms with Crippen molar-refractivity contribution in [1.29, 1.82) is 0 Å². The van der Waals surface area contributed by atoms with Gasteiger partial charge in [0.05, 0.1) is 34.6 Å². The summed E-state index contributed by atoms with van der Waals surface area (Å²) >= 11 is 6.95. The zero-order chi connectivity index (χ0) is 30.3. The van der Waals surface area contributed by atoms with Crippen molar-refractivity contribution in [2.45, 2.75) is 60.0 Å². The van der Waals surface area contributed by atoms with E-state index in [0.29, 0.717) is 57.7 Å². The Morgan fingerprint density at radius 3 is 2.53 bits per heavy atom. The molecule has 0 spiro atoms. The Kier molecular flexibility index (Phi) is 9.25. The van der Waals surface area contributed by atoms with Crippen molar-refractivity contribution in [1.82, 2.24) is 24.4 Å². The van der Waals surface area contributed by atoms with Crippen LogP contribution >= 0.6 is 11.6 Å². The second-order valence-corrected chi connectivity index (χ2v) is 11.4. The van der Waals surface area contributed by atoms with Gasteiger partial charge in [0.2, 0.25) is 5.91 Å². The van der Waals surface area contributed by atoms with E-state index in [1.165, 1.54) is 6.08 Å². The van der Waals surface area contributed by atoms with Crippen LogP contribution in [0, 0.1) is 6.92 Å². The minimum Gasteiger partial charge on any atom is -0.496 e. The van der Waals surface area contributed by atoms with Gasteiger partial charge in [0, 0.05) is 36.9 Å². The van der Waals surface area contributed by atoms with E-state index < -0.39 is 5.69 Å². The maximum Gasteiger partial charge on any atom is 0.355 e. The molecule has 0 unspecified atom stereocenters. The molecule has 10 heteroatoms. The van der Waals surface area contributed by atoms with E-state index in [0.717, 1.165) is 11.3 Å². The molecule has 1 fully saturated rings. The molecule has 0 bridgehead atoms. The van der Waals surface area contributed by atoms with E-state index in [1.807, 2.05) is 71.0 Å². The second kappa shape index (κ2) is 12.6. The minimum absolute atomic E-state index is 0. The van der Waals surface area contributed by atoms with Gasteiger partial charge in [-0.3, -0.25) is 9.78 Å². The van der Waals surface area contributed by atoms with Crippen molar-refractivity contribution in [3.8, 4) is 22.7 Å². The van der Waals surface area contributed by atoms with Crippen LogP contribution in [0.4, 0.5) is 5.82 Å². The SMILES string of the molecule is C.C=CC(=O)N1C[C@H](C)N(c2nc(=O)n(-c3c(C)ccnc3C(C)C)c3nc(-c4ccccc4OC)c(Cl)cc23)C[C@H]1C. The fourth-order valence-electron chi connectivity index (χ4n) is 5.69. The van der Waals surface area contributed by atoms with E-state index in [2.05, 4.69) is 21.4 Å². The van der Waals surface area contributed by atoms with Gasteiger partial charge in [-0.05, 0) is 62.6 Å². The summed E-state index contributed by atoms with van der Waals surface area (Å²) in [5.41, 5.74) is 3.43. The highest BCUT2D eigenvalue weighted by Gasteiger charge is 2.34. The molecule has 226 valence electrons. The van der Waals surface area contributed by atoms with Crippen LogP contribution in [0.1, 0.15) is 52.3 Å². The van der Waals surface area contributed by atoms with Crippen LogP contribution in [0.5, 0.6) is 5.75 Å². The second-order valence-electron chi connectivity index (χ2n) is 11.0. The fraction of sp³-hybridized carbons (Fsp3) is 0.364. The Labute approximate surface area is 257 Å². The number of aromatic nitrogens is 4. The molecule has 43 heavy (non-hydrogen) atoms. The molecule has 4 aromatic rings. The van der Waals surface area contributed by atoms with Crippen LogP contribution in [-0.2, 0) is 4.79 Å². The fourth-order valence-corrected chi connectivity index (χ4v) is 5.94. The zero-order valence-electron chi connectivity index (χ0n) is 24.8. The lowest BCUT2D eigenvalue weighted by molar-refractivity contribution is -0.128. The summed E-state index contributed by atoms with van der Waals surface area (Å²) in [4.78, 5) is 44.8. The first-order valence-corrected chi connectivity index (χ1v) is 14.4. The summed E-state index contributed by atoms with van der Waals surface area (Å²) in [6.45, 7) is 14.6.